The molecule has 0 aromatic heterocycles. The SMILES string of the molecule is C1=CC2NC1C(c1ccccc1)C1CCC([N-]1)C(c1ccccc1)C1C=CC(N1)C(c1ccccc1)C1CCC([N-]1)C2c1ccccc1.C1=CC2NC1C(c1ccccc1)C1CCC([N-]1)C(c1ccccc1)C1C=CC(N1)C(c1ccccc1)C1CCC([N-]1)C2c1ccccc1.O.[Fe+2].[Fe+2]. The Hall–Kier alpha value is -6.60. The zero-order valence-electron chi connectivity index (χ0n) is 56.2. The van der Waals surface area contributed by atoms with Crippen LogP contribution in [0.3, 0.4) is 0 Å². The molecule has 11 heteroatoms. The van der Waals surface area contributed by atoms with Crippen LogP contribution in [0, 0.1) is 0 Å². The van der Waals surface area contributed by atoms with Gasteiger partial charge in [0.05, 0.1) is 0 Å². The largest absolute Gasteiger partial charge is 2.00 e. The van der Waals surface area contributed by atoms with Crippen LogP contribution in [0.15, 0.2) is 291 Å². The Kier molecular flexibility index (Phi) is 22.3. The van der Waals surface area contributed by atoms with Crippen LogP contribution < -0.4 is 21.3 Å². The summed E-state index contributed by atoms with van der Waals surface area (Å²) in [5.74, 6) is 2.29. The molecule has 0 amide bonds. The van der Waals surface area contributed by atoms with Gasteiger partial charge in [-0.2, -0.15) is 0 Å². The molecule has 6 N–H and O–H groups in total. The van der Waals surface area contributed by atoms with Gasteiger partial charge >= 0.3 is 34.1 Å². The van der Waals surface area contributed by atoms with Gasteiger partial charge in [-0.25, -0.2) is 0 Å². The van der Waals surface area contributed by atoms with Gasteiger partial charge in [0.25, 0.3) is 0 Å². The van der Waals surface area contributed by atoms with Crippen LogP contribution in [0.1, 0.15) is 143 Å². The van der Waals surface area contributed by atoms with E-state index in [2.05, 4.69) is 313 Å². The van der Waals surface area contributed by atoms with E-state index in [-0.39, 0.29) is 184 Å². The molecule has 6 fully saturated rings. The summed E-state index contributed by atoms with van der Waals surface area (Å²) in [4.78, 5) is 0. The summed E-state index contributed by atoms with van der Waals surface area (Å²) in [5.41, 5.74) is 11.1. The second-order valence-corrected chi connectivity index (χ2v) is 29.3. The molecule has 0 spiro atoms. The van der Waals surface area contributed by atoms with Gasteiger partial charge < -0.3 is 48.0 Å². The average Bonchev–Trinajstić information content (AvgIpc) is 1.64. The van der Waals surface area contributed by atoms with Crippen molar-refractivity contribution in [1.82, 2.24) is 21.3 Å². The summed E-state index contributed by atoms with van der Waals surface area (Å²) in [6.45, 7) is 0. The Balaban J connectivity index is 0.000000164. The molecule has 0 saturated carbocycles. The van der Waals surface area contributed by atoms with Crippen LogP contribution in [0.5, 0.6) is 0 Å². The predicted molar refractivity (Wildman–Crippen MR) is 397 cm³/mol. The van der Waals surface area contributed by atoms with Crippen molar-refractivity contribution in [2.45, 2.75) is 195 Å². The van der Waals surface area contributed by atoms with Crippen LogP contribution in [-0.4, -0.2) is 102 Å². The van der Waals surface area contributed by atoms with Crippen LogP contribution in [0.25, 0.3) is 21.3 Å². The Morgan fingerprint density at radius 2 is 0.293 bits per heavy atom. The summed E-state index contributed by atoms with van der Waals surface area (Å²) in [6.07, 6.45) is 28.7. The standard InChI is InChI=1S/2C44H46N4.2Fe.H2O/c2*1-5-13-29(14-6-1)41-33-21-23-35(45-33)42(30-15-7-2-8-16-30)37-25-27-39(47-37)44(32-19-11-4-12-20-32)40-28-26-38(48-40)43(31-17-9-3-10-18-31)36-24-22-34(41)46-36;;;/h2*1-21,23,26,28,33-45,48H,22,24-25,27H2;;;1H2/q2*-2;2*+2;. The molecule has 10 aliphatic heterocycles. The van der Waals surface area contributed by atoms with Gasteiger partial charge in [0.2, 0.25) is 0 Å². The van der Waals surface area contributed by atoms with Crippen LogP contribution in [0.4, 0.5) is 0 Å². The number of rotatable bonds is 8. The van der Waals surface area contributed by atoms with Gasteiger partial charge in [-0.1, -0.05) is 343 Å². The van der Waals surface area contributed by atoms with E-state index in [4.69, 9.17) is 21.3 Å². The number of nitrogens with zero attached hydrogens (tertiary/aromatic N) is 4. The van der Waals surface area contributed by atoms with Gasteiger partial charge in [-0.3, -0.25) is 0 Å². The zero-order valence-corrected chi connectivity index (χ0v) is 58.4. The molecular weight excluding hydrogens is 1300 g/mol. The van der Waals surface area contributed by atoms with Crippen LogP contribution in [-0.2, 0) is 34.1 Å². The molecule has 9 nitrogen and oxygen atoms in total. The minimum Gasteiger partial charge on any atom is -0.656 e. The van der Waals surface area contributed by atoms with Gasteiger partial charge in [-0.15, -0.1) is 48.3 Å². The monoisotopic (exact) mass is 1390 g/mol. The van der Waals surface area contributed by atoms with Crippen molar-refractivity contribution in [3.8, 4) is 0 Å². The van der Waals surface area contributed by atoms with Crippen molar-refractivity contribution in [2.24, 2.45) is 0 Å². The van der Waals surface area contributed by atoms with E-state index < -0.39 is 0 Å². The van der Waals surface area contributed by atoms with E-state index in [1.54, 1.807) is 0 Å². The maximum atomic E-state index is 5.80. The van der Waals surface area contributed by atoms with E-state index in [1.165, 1.54) is 44.5 Å². The summed E-state index contributed by atoms with van der Waals surface area (Å²) < 4.78 is 0. The molecule has 18 rings (SSSR count). The van der Waals surface area contributed by atoms with Gasteiger partial charge in [-0.05, 0) is 91.9 Å². The maximum Gasteiger partial charge on any atom is 2.00 e. The molecule has 0 radical (unpaired) electrons. The number of nitrogens with one attached hydrogen (secondary N) is 4. The molecule has 24 unspecified atom stereocenters. The first-order chi connectivity index (χ1) is 47.6. The quantitative estimate of drug-likeness (QED) is 0.0890. The second-order valence-electron chi connectivity index (χ2n) is 29.3. The third kappa shape index (κ3) is 14.4. The molecule has 0 aliphatic carbocycles. The molecule has 16 bridgehead atoms. The number of benzene rings is 8. The normalized spacial score (nSPS) is 36.0. The molecule has 8 aromatic carbocycles. The fourth-order valence-corrected chi connectivity index (χ4v) is 20.0. The van der Waals surface area contributed by atoms with Crippen LogP contribution >= 0.6 is 0 Å². The molecule has 508 valence electrons. The third-order valence-electron chi connectivity index (χ3n) is 24.1. The summed E-state index contributed by atoms with van der Waals surface area (Å²) in [6, 6.07) is 93.3. The zero-order chi connectivity index (χ0) is 63.7. The number of hydrogen-bond donors (Lipinski definition) is 4. The molecule has 99 heavy (non-hydrogen) atoms. The van der Waals surface area contributed by atoms with Gasteiger partial charge in [0.15, 0.2) is 0 Å². The minimum absolute atomic E-state index is 0. The predicted octanol–water partition coefficient (Wildman–Crippen LogP) is 16.6. The first-order valence-electron chi connectivity index (χ1n) is 36.6. The molecule has 8 aromatic rings. The van der Waals surface area contributed by atoms with Crippen molar-refractivity contribution in [3.63, 3.8) is 0 Å². The summed E-state index contributed by atoms with van der Waals surface area (Å²) in [7, 11) is 0. The van der Waals surface area contributed by atoms with E-state index in [1.807, 2.05) is 0 Å². The fraction of sp³-hybridized carbons (Fsp3) is 0.364. The Labute approximate surface area is 609 Å². The van der Waals surface area contributed by atoms with E-state index >= 15 is 0 Å². The molecule has 10 heterocycles. The first-order valence-corrected chi connectivity index (χ1v) is 36.6. The smallest absolute Gasteiger partial charge is 0.656 e. The van der Waals surface area contributed by atoms with Crippen molar-refractivity contribution < 1.29 is 39.6 Å². The Morgan fingerprint density at radius 1 is 0.182 bits per heavy atom. The van der Waals surface area contributed by atoms with Gasteiger partial charge in [0, 0.05) is 48.3 Å². The van der Waals surface area contributed by atoms with Crippen LogP contribution in [0.2, 0.25) is 0 Å². The van der Waals surface area contributed by atoms with Crippen molar-refractivity contribution in [3.05, 3.63) is 357 Å². The molecule has 6 saturated heterocycles. The molecule has 10 aliphatic rings. The maximum absolute atomic E-state index is 5.80. The summed E-state index contributed by atoms with van der Waals surface area (Å²) >= 11 is 0. The fourth-order valence-electron chi connectivity index (χ4n) is 20.0. The number of hydrogen-bond acceptors (Lipinski definition) is 4. The molecule has 24 atom stereocenters. The third-order valence-corrected chi connectivity index (χ3v) is 24.1. The van der Waals surface area contributed by atoms with Crippen molar-refractivity contribution >= 4 is 0 Å². The molecular formula is C88H94Fe2N8O. The van der Waals surface area contributed by atoms with E-state index in [0.29, 0.717) is 0 Å². The number of fused-ring (bicyclic) bond motifs is 16. The van der Waals surface area contributed by atoms with E-state index in [0.717, 1.165) is 51.4 Å². The Morgan fingerprint density at radius 3 is 0.404 bits per heavy atom. The second kappa shape index (κ2) is 31.7. The first kappa shape index (κ1) is 69.5. The van der Waals surface area contributed by atoms with Gasteiger partial charge in [0.1, 0.15) is 0 Å². The topological polar surface area (TPSA) is 136 Å². The van der Waals surface area contributed by atoms with Crippen molar-refractivity contribution in [2.75, 3.05) is 0 Å². The van der Waals surface area contributed by atoms with Crippen molar-refractivity contribution in [1.29, 1.82) is 0 Å². The minimum atomic E-state index is 0. The van der Waals surface area contributed by atoms with E-state index in [9.17, 15) is 0 Å². The summed E-state index contributed by atoms with van der Waals surface area (Å²) in [5, 5.41) is 40.0. The average molecular weight is 1390 g/mol. The Bertz CT molecular complexity index is 3190.